The van der Waals surface area contributed by atoms with Crippen molar-refractivity contribution in [1.29, 1.82) is 0 Å². The number of halogens is 1. The largest absolute Gasteiger partial charge is 0.474 e. The monoisotopic (exact) mass is 381 g/mol. The van der Waals surface area contributed by atoms with Gasteiger partial charge in [0.15, 0.2) is 0 Å². The first-order valence-electron chi connectivity index (χ1n) is 5.86. The van der Waals surface area contributed by atoms with E-state index in [2.05, 4.69) is 22.6 Å². The van der Waals surface area contributed by atoms with Crippen LogP contribution in [0.3, 0.4) is 0 Å². The van der Waals surface area contributed by atoms with Crippen LogP contribution in [-0.2, 0) is 9.59 Å². The number of hydrogen-bond acceptors (Lipinski definition) is 2. The maximum Gasteiger partial charge on any atom is 0.394 e. The molecule has 20 heavy (non-hydrogen) atoms. The molecule has 102 valence electrons. The van der Waals surface area contributed by atoms with Gasteiger partial charge in [0.2, 0.25) is 0 Å². The maximum atomic E-state index is 11.6. The highest BCUT2D eigenvalue weighted by Gasteiger charge is 2.21. The van der Waals surface area contributed by atoms with E-state index in [1.807, 2.05) is 42.5 Å². The van der Waals surface area contributed by atoms with E-state index in [-0.39, 0.29) is 0 Å². The topological polar surface area (TPSA) is 57.6 Å². The van der Waals surface area contributed by atoms with E-state index in [4.69, 9.17) is 5.11 Å². The van der Waals surface area contributed by atoms with Gasteiger partial charge in [0.25, 0.3) is 0 Å². The Morgan fingerprint density at radius 3 is 2.35 bits per heavy atom. The molecular formula is C15H12INO3. The van der Waals surface area contributed by atoms with Gasteiger partial charge in [-0.25, -0.2) is 4.79 Å². The number of anilines is 1. The van der Waals surface area contributed by atoms with Gasteiger partial charge in [-0.05, 0) is 46.4 Å². The summed E-state index contributed by atoms with van der Waals surface area (Å²) >= 11 is 2.18. The molecule has 0 bridgehead atoms. The van der Waals surface area contributed by atoms with Crippen LogP contribution in [0.4, 0.5) is 5.69 Å². The van der Waals surface area contributed by atoms with Crippen molar-refractivity contribution >= 4 is 40.2 Å². The van der Waals surface area contributed by atoms with Crippen molar-refractivity contribution in [2.45, 2.75) is 0 Å². The van der Waals surface area contributed by atoms with E-state index in [1.54, 1.807) is 6.07 Å². The second-order valence-electron chi connectivity index (χ2n) is 4.20. The van der Waals surface area contributed by atoms with E-state index in [0.717, 1.165) is 19.6 Å². The Labute approximate surface area is 130 Å². The first kappa shape index (κ1) is 14.5. The summed E-state index contributed by atoms with van der Waals surface area (Å²) in [6, 6.07) is 15.1. The lowest BCUT2D eigenvalue weighted by Crippen LogP contribution is -2.33. The van der Waals surface area contributed by atoms with E-state index in [0.29, 0.717) is 5.69 Å². The molecule has 0 heterocycles. The molecule has 1 N–H and O–H groups in total. The van der Waals surface area contributed by atoms with Crippen molar-refractivity contribution in [3.63, 3.8) is 0 Å². The zero-order chi connectivity index (χ0) is 14.7. The Morgan fingerprint density at radius 1 is 1.10 bits per heavy atom. The third-order valence-corrected chi connectivity index (χ3v) is 3.56. The molecule has 4 nitrogen and oxygen atoms in total. The second-order valence-corrected chi connectivity index (χ2v) is 5.44. The number of amides is 1. The van der Waals surface area contributed by atoms with E-state index < -0.39 is 11.9 Å². The van der Waals surface area contributed by atoms with Crippen LogP contribution < -0.4 is 4.90 Å². The fraction of sp³-hybridized carbons (Fsp3) is 0.0667. The van der Waals surface area contributed by atoms with Gasteiger partial charge < -0.3 is 10.0 Å². The molecule has 1 amide bonds. The first-order chi connectivity index (χ1) is 9.50. The van der Waals surface area contributed by atoms with Crippen LogP contribution in [0, 0.1) is 3.57 Å². The summed E-state index contributed by atoms with van der Waals surface area (Å²) < 4.78 is 1.02. The minimum absolute atomic E-state index is 0.573. The van der Waals surface area contributed by atoms with Gasteiger partial charge in [-0.15, -0.1) is 0 Å². The van der Waals surface area contributed by atoms with Crippen LogP contribution in [-0.4, -0.2) is 24.0 Å². The number of likely N-dealkylation sites (N-methyl/N-ethyl adjacent to an activating group) is 1. The molecule has 0 aromatic heterocycles. The Hall–Kier alpha value is -1.89. The average molecular weight is 381 g/mol. The molecule has 0 fully saturated rings. The predicted octanol–water partition coefficient (Wildman–Crippen LogP) is 3.01. The normalized spacial score (nSPS) is 10.1. The van der Waals surface area contributed by atoms with Gasteiger partial charge in [0, 0.05) is 16.2 Å². The van der Waals surface area contributed by atoms with Crippen LogP contribution in [0.2, 0.25) is 0 Å². The number of carboxylic acids is 1. The zero-order valence-electron chi connectivity index (χ0n) is 10.7. The Bertz CT molecular complexity index is 655. The third-order valence-electron chi connectivity index (χ3n) is 2.89. The molecule has 0 saturated heterocycles. The molecule has 0 radical (unpaired) electrons. The van der Waals surface area contributed by atoms with Crippen LogP contribution in [0.1, 0.15) is 0 Å². The molecule has 0 atom stereocenters. The molecule has 0 aliphatic carbocycles. The zero-order valence-corrected chi connectivity index (χ0v) is 12.9. The van der Waals surface area contributed by atoms with E-state index in [9.17, 15) is 9.59 Å². The molecule has 0 aliphatic heterocycles. The van der Waals surface area contributed by atoms with Crippen LogP contribution in [0.15, 0.2) is 48.5 Å². The molecular weight excluding hydrogens is 369 g/mol. The van der Waals surface area contributed by atoms with Gasteiger partial charge in [-0.2, -0.15) is 0 Å². The number of nitrogens with zero attached hydrogens (tertiary/aromatic N) is 1. The van der Waals surface area contributed by atoms with Crippen molar-refractivity contribution in [1.82, 2.24) is 0 Å². The van der Waals surface area contributed by atoms with E-state index >= 15 is 0 Å². The maximum absolute atomic E-state index is 11.6. The minimum Gasteiger partial charge on any atom is -0.474 e. The lowest BCUT2D eigenvalue weighted by molar-refractivity contribution is -0.148. The highest BCUT2D eigenvalue weighted by molar-refractivity contribution is 14.1. The summed E-state index contributed by atoms with van der Waals surface area (Å²) in [5, 5.41) is 8.84. The number of carbonyl (C=O) groups is 2. The quantitative estimate of drug-likeness (QED) is 0.643. The molecule has 0 aliphatic rings. The van der Waals surface area contributed by atoms with Gasteiger partial charge in [-0.3, -0.25) is 4.79 Å². The fourth-order valence-electron chi connectivity index (χ4n) is 1.90. The van der Waals surface area contributed by atoms with Crippen molar-refractivity contribution in [2.75, 3.05) is 11.9 Å². The SMILES string of the molecule is CN(C(=O)C(=O)O)c1ccc(I)cc1-c1ccccc1. The summed E-state index contributed by atoms with van der Waals surface area (Å²) in [6.07, 6.45) is 0. The highest BCUT2D eigenvalue weighted by Crippen LogP contribution is 2.31. The molecule has 0 unspecified atom stereocenters. The molecule has 0 saturated carbocycles. The van der Waals surface area contributed by atoms with Crippen LogP contribution in [0.25, 0.3) is 11.1 Å². The Balaban J connectivity index is 2.54. The standard InChI is InChI=1S/C15H12INO3/c1-17(14(18)15(19)20)13-8-7-11(16)9-12(13)10-5-3-2-4-6-10/h2-9H,1H3,(H,19,20). The molecule has 2 aromatic rings. The number of rotatable bonds is 2. The van der Waals surface area contributed by atoms with Gasteiger partial charge >= 0.3 is 11.9 Å². The van der Waals surface area contributed by atoms with Gasteiger partial charge in [0.05, 0.1) is 5.69 Å². The predicted molar refractivity (Wildman–Crippen MR) is 85.6 cm³/mol. The smallest absolute Gasteiger partial charge is 0.394 e. The van der Waals surface area contributed by atoms with Gasteiger partial charge in [0.1, 0.15) is 0 Å². The summed E-state index contributed by atoms with van der Waals surface area (Å²) in [5.74, 6) is -2.42. The minimum atomic E-state index is -1.47. The third kappa shape index (κ3) is 2.98. The lowest BCUT2D eigenvalue weighted by atomic mass is 10.0. The molecule has 2 aromatic carbocycles. The molecule has 5 heteroatoms. The van der Waals surface area contributed by atoms with Crippen LogP contribution >= 0.6 is 22.6 Å². The number of carbonyl (C=O) groups excluding carboxylic acids is 1. The van der Waals surface area contributed by atoms with Crippen molar-refractivity contribution in [3.05, 3.63) is 52.1 Å². The second kappa shape index (κ2) is 6.04. The number of aliphatic carboxylic acids is 1. The Morgan fingerprint density at radius 2 is 1.75 bits per heavy atom. The molecule has 0 spiro atoms. The van der Waals surface area contributed by atoms with Crippen molar-refractivity contribution in [2.24, 2.45) is 0 Å². The molecule has 2 rings (SSSR count). The number of benzene rings is 2. The highest BCUT2D eigenvalue weighted by atomic mass is 127. The van der Waals surface area contributed by atoms with Crippen molar-refractivity contribution < 1.29 is 14.7 Å². The van der Waals surface area contributed by atoms with Crippen LogP contribution in [0.5, 0.6) is 0 Å². The van der Waals surface area contributed by atoms with Crippen molar-refractivity contribution in [3.8, 4) is 11.1 Å². The first-order valence-corrected chi connectivity index (χ1v) is 6.94. The average Bonchev–Trinajstić information content (AvgIpc) is 2.46. The Kier molecular flexibility index (Phi) is 4.39. The summed E-state index contributed by atoms with van der Waals surface area (Å²) in [5.41, 5.74) is 2.34. The number of hydrogen-bond donors (Lipinski definition) is 1. The fourth-order valence-corrected chi connectivity index (χ4v) is 2.39. The van der Waals surface area contributed by atoms with E-state index in [1.165, 1.54) is 7.05 Å². The lowest BCUT2D eigenvalue weighted by Gasteiger charge is -2.19. The summed E-state index contributed by atoms with van der Waals surface area (Å²) in [4.78, 5) is 23.6. The summed E-state index contributed by atoms with van der Waals surface area (Å²) in [7, 11) is 1.46. The van der Waals surface area contributed by atoms with Gasteiger partial charge in [-0.1, -0.05) is 30.3 Å². The number of carboxylic acid groups (broad SMARTS) is 1. The summed E-state index contributed by atoms with van der Waals surface area (Å²) in [6.45, 7) is 0.